The average Bonchev–Trinajstić information content (AvgIpc) is 3.05. The molecule has 0 radical (unpaired) electrons. The Morgan fingerprint density at radius 2 is 1.88 bits per heavy atom. The molecule has 132 valence electrons. The number of benzene rings is 1. The fraction of sp³-hybridized carbons (Fsp3) is 0.579. The molecule has 2 N–H and O–H groups in total. The van der Waals surface area contributed by atoms with Crippen molar-refractivity contribution in [3.63, 3.8) is 0 Å². The molecule has 1 saturated heterocycles. The van der Waals surface area contributed by atoms with Crippen LogP contribution in [0.25, 0.3) is 0 Å². The lowest BCUT2D eigenvalue weighted by atomic mass is 9.87. The van der Waals surface area contributed by atoms with Crippen molar-refractivity contribution >= 4 is 11.8 Å². The molecule has 1 heterocycles. The van der Waals surface area contributed by atoms with Gasteiger partial charge in [-0.1, -0.05) is 32.9 Å². The summed E-state index contributed by atoms with van der Waals surface area (Å²) < 4.78 is 5.45. The zero-order valence-electron chi connectivity index (χ0n) is 14.9. The number of hydrogen-bond acceptors (Lipinski definition) is 3. The highest BCUT2D eigenvalue weighted by Gasteiger charge is 2.16. The summed E-state index contributed by atoms with van der Waals surface area (Å²) >= 11 is 0. The van der Waals surface area contributed by atoms with Crippen LogP contribution in [0.1, 0.15) is 56.0 Å². The van der Waals surface area contributed by atoms with E-state index in [1.165, 1.54) is 5.56 Å². The Balaban J connectivity index is 1.69. The number of carbonyl (C=O) groups is 2. The minimum atomic E-state index is -0.151. The lowest BCUT2D eigenvalue weighted by Crippen LogP contribution is -2.34. The number of ether oxygens (including phenoxy) is 1. The van der Waals surface area contributed by atoms with Crippen LogP contribution in [0.4, 0.5) is 0 Å². The van der Waals surface area contributed by atoms with Gasteiger partial charge in [0.2, 0.25) is 5.91 Å². The molecule has 1 aromatic carbocycles. The molecule has 1 aliphatic rings. The van der Waals surface area contributed by atoms with Crippen LogP contribution in [-0.2, 0) is 14.9 Å². The zero-order valence-corrected chi connectivity index (χ0v) is 14.9. The van der Waals surface area contributed by atoms with E-state index in [2.05, 4.69) is 31.4 Å². The van der Waals surface area contributed by atoms with Crippen LogP contribution in [0.15, 0.2) is 24.3 Å². The van der Waals surface area contributed by atoms with Crippen LogP contribution in [0, 0.1) is 0 Å². The standard InChI is InChI=1S/C19H28N2O3/c1-19(2,3)15-8-6-14(7-9-15)18(23)20-11-10-17(22)21-13-16-5-4-12-24-16/h6-9,16H,4-5,10-13H2,1-3H3,(H,20,23)(H,21,22)/t16-/m1/s1. The molecule has 24 heavy (non-hydrogen) atoms. The Morgan fingerprint density at radius 3 is 2.46 bits per heavy atom. The molecule has 0 saturated carbocycles. The summed E-state index contributed by atoms with van der Waals surface area (Å²) in [6.07, 6.45) is 2.48. The lowest BCUT2D eigenvalue weighted by molar-refractivity contribution is -0.121. The molecule has 1 aliphatic heterocycles. The molecule has 0 aromatic heterocycles. The number of hydrogen-bond donors (Lipinski definition) is 2. The third-order valence-electron chi connectivity index (χ3n) is 4.20. The topological polar surface area (TPSA) is 67.4 Å². The third-order valence-corrected chi connectivity index (χ3v) is 4.20. The first-order valence-electron chi connectivity index (χ1n) is 8.63. The van der Waals surface area contributed by atoms with Crippen molar-refractivity contribution in [2.75, 3.05) is 19.7 Å². The fourth-order valence-electron chi connectivity index (χ4n) is 2.63. The summed E-state index contributed by atoms with van der Waals surface area (Å²) in [7, 11) is 0. The summed E-state index contributed by atoms with van der Waals surface area (Å²) in [6.45, 7) is 8.08. The second kappa shape index (κ2) is 8.29. The monoisotopic (exact) mass is 332 g/mol. The number of carbonyl (C=O) groups excluding carboxylic acids is 2. The lowest BCUT2D eigenvalue weighted by Gasteiger charge is -2.19. The Bertz CT molecular complexity index is 555. The van der Waals surface area contributed by atoms with Crippen LogP contribution in [0.3, 0.4) is 0 Å². The number of rotatable bonds is 6. The second-order valence-electron chi connectivity index (χ2n) is 7.27. The molecule has 1 atom stereocenters. The van der Waals surface area contributed by atoms with Gasteiger partial charge >= 0.3 is 0 Å². The number of nitrogens with one attached hydrogen (secondary N) is 2. The SMILES string of the molecule is CC(C)(C)c1ccc(C(=O)NCCC(=O)NC[C@H]2CCCO2)cc1. The zero-order chi connectivity index (χ0) is 17.6. The van der Waals surface area contributed by atoms with Crippen LogP contribution in [-0.4, -0.2) is 37.6 Å². The summed E-state index contributed by atoms with van der Waals surface area (Å²) in [5.41, 5.74) is 1.87. The molecule has 0 unspecified atom stereocenters. The maximum atomic E-state index is 12.1. The first-order valence-corrected chi connectivity index (χ1v) is 8.63. The smallest absolute Gasteiger partial charge is 0.251 e. The van der Waals surface area contributed by atoms with Gasteiger partial charge < -0.3 is 15.4 Å². The van der Waals surface area contributed by atoms with E-state index in [0.717, 1.165) is 19.4 Å². The minimum Gasteiger partial charge on any atom is -0.376 e. The Hall–Kier alpha value is -1.88. The van der Waals surface area contributed by atoms with Gasteiger partial charge in [-0.05, 0) is 36.0 Å². The van der Waals surface area contributed by atoms with E-state index in [-0.39, 0.29) is 29.8 Å². The molecule has 5 nitrogen and oxygen atoms in total. The molecule has 0 bridgehead atoms. The predicted octanol–water partition coefficient (Wildman–Crippen LogP) is 2.40. The van der Waals surface area contributed by atoms with Crippen molar-refractivity contribution < 1.29 is 14.3 Å². The Kier molecular flexibility index (Phi) is 6.37. The van der Waals surface area contributed by atoms with Gasteiger partial charge in [-0.15, -0.1) is 0 Å². The maximum Gasteiger partial charge on any atom is 0.251 e. The van der Waals surface area contributed by atoms with Gasteiger partial charge in [-0.3, -0.25) is 9.59 Å². The van der Waals surface area contributed by atoms with Crippen molar-refractivity contribution in [1.29, 1.82) is 0 Å². The molecule has 5 heteroatoms. The van der Waals surface area contributed by atoms with Gasteiger partial charge in [0.05, 0.1) is 6.10 Å². The van der Waals surface area contributed by atoms with E-state index in [1.807, 2.05) is 24.3 Å². The van der Waals surface area contributed by atoms with E-state index >= 15 is 0 Å². The Labute approximate surface area is 144 Å². The van der Waals surface area contributed by atoms with Gasteiger partial charge in [-0.2, -0.15) is 0 Å². The van der Waals surface area contributed by atoms with Crippen molar-refractivity contribution in [3.05, 3.63) is 35.4 Å². The van der Waals surface area contributed by atoms with E-state index in [1.54, 1.807) is 0 Å². The highest BCUT2D eigenvalue weighted by Crippen LogP contribution is 2.22. The average molecular weight is 332 g/mol. The third kappa shape index (κ3) is 5.64. The second-order valence-corrected chi connectivity index (χ2v) is 7.27. The van der Waals surface area contributed by atoms with Gasteiger partial charge in [-0.25, -0.2) is 0 Å². The number of amides is 2. The normalized spacial score (nSPS) is 17.5. The van der Waals surface area contributed by atoms with Gasteiger partial charge in [0.15, 0.2) is 0 Å². The quantitative estimate of drug-likeness (QED) is 0.840. The maximum absolute atomic E-state index is 12.1. The van der Waals surface area contributed by atoms with Crippen LogP contribution < -0.4 is 10.6 Å². The van der Waals surface area contributed by atoms with Crippen molar-refractivity contribution in [3.8, 4) is 0 Å². The van der Waals surface area contributed by atoms with E-state index < -0.39 is 0 Å². The summed E-state index contributed by atoms with van der Waals surface area (Å²) in [6, 6.07) is 7.60. The summed E-state index contributed by atoms with van der Waals surface area (Å²) in [4.78, 5) is 23.8. The molecule has 0 spiro atoms. The van der Waals surface area contributed by atoms with Gasteiger partial charge in [0, 0.05) is 31.7 Å². The summed E-state index contributed by atoms with van der Waals surface area (Å²) in [5.74, 6) is -0.212. The van der Waals surface area contributed by atoms with E-state index in [4.69, 9.17) is 4.74 Å². The van der Waals surface area contributed by atoms with Gasteiger partial charge in [0.1, 0.15) is 0 Å². The first-order chi connectivity index (χ1) is 11.4. The molecular formula is C19H28N2O3. The van der Waals surface area contributed by atoms with Crippen molar-refractivity contribution in [2.24, 2.45) is 0 Å². The van der Waals surface area contributed by atoms with Crippen molar-refractivity contribution in [2.45, 2.75) is 51.6 Å². The molecule has 2 rings (SSSR count). The molecule has 0 aliphatic carbocycles. The summed E-state index contributed by atoms with van der Waals surface area (Å²) in [5, 5.41) is 5.63. The van der Waals surface area contributed by atoms with E-state index in [9.17, 15) is 9.59 Å². The molecule has 2 amide bonds. The minimum absolute atomic E-state index is 0.0612. The molecule has 1 aromatic rings. The first kappa shape index (κ1) is 18.5. The highest BCUT2D eigenvalue weighted by molar-refractivity contribution is 5.94. The Morgan fingerprint density at radius 1 is 1.17 bits per heavy atom. The fourth-order valence-corrected chi connectivity index (χ4v) is 2.63. The van der Waals surface area contributed by atoms with Crippen LogP contribution in [0.5, 0.6) is 0 Å². The van der Waals surface area contributed by atoms with Crippen molar-refractivity contribution in [1.82, 2.24) is 10.6 Å². The van der Waals surface area contributed by atoms with E-state index in [0.29, 0.717) is 18.7 Å². The largest absolute Gasteiger partial charge is 0.376 e. The molecular weight excluding hydrogens is 304 g/mol. The highest BCUT2D eigenvalue weighted by atomic mass is 16.5. The predicted molar refractivity (Wildman–Crippen MR) is 94.1 cm³/mol. The van der Waals surface area contributed by atoms with Crippen LogP contribution >= 0.6 is 0 Å². The van der Waals surface area contributed by atoms with Crippen LogP contribution in [0.2, 0.25) is 0 Å². The van der Waals surface area contributed by atoms with Gasteiger partial charge in [0.25, 0.3) is 5.91 Å². The molecule has 1 fully saturated rings.